The first kappa shape index (κ1) is 12.7. The van der Waals surface area contributed by atoms with Crippen molar-refractivity contribution in [3.05, 3.63) is 69.7 Å². The van der Waals surface area contributed by atoms with E-state index < -0.39 is 0 Å². The van der Waals surface area contributed by atoms with Crippen LogP contribution in [0.25, 0.3) is 0 Å². The molecule has 0 nitrogen and oxygen atoms in total. The van der Waals surface area contributed by atoms with Gasteiger partial charge in [0.25, 0.3) is 0 Å². The molecular formula is C15H15BrS. The van der Waals surface area contributed by atoms with Gasteiger partial charge in [-0.3, -0.25) is 0 Å². The van der Waals surface area contributed by atoms with Gasteiger partial charge in [-0.15, -0.1) is 0 Å². The van der Waals surface area contributed by atoms with Crippen molar-refractivity contribution in [2.24, 2.45) is 0 Å². The van der Waals surface area contributed by atoms with Gasteiger partial charge in [-0.25, -0.2) is 0 Å². The Kier molecular flexibility index (Phi) is 4.69. The average Bonchev–Trinajstić information content (AvgIpc) is 2.32. The fourth-order valence-electron chi connectivity index (χ4n) is 1.68. The summed E-state index contributed by atoms with van der Waals surface area (Å²) in [6.07, 6.45) is 0. The largest absolute Gasteiger partial charge is 0.152 e. The summed E-state index contributed by atoms with van der Waals surface area (Å²) in [6, 6.07) is 17.1. The second-order valence-electron chi connectivity index (χ2n) is 4.05. The number of aryl methyl sites for hydroxylation is 1. The third-order valence-corrected chi connectivity index (χ3v) is 4.22. The number of hydrogen-bond donors (Lipinski definition) is 0. The van der Waals surface area contributed by atoms with Crippen molar-refractivity contribution in [3.63, 3.8) is 0 Å². The maximum Gasteiger partial charge on any atom is 0.0190 e. The lowest BCUT2D eigenvalue weighted by atomic mass is 10.1. The Morgan fingerprint density at radius 2 is 1.82 bits per heavy atom. The summed E-state index contributed by atoms with van der Waals surface area (Å²) in [7, 11) is 0. The molecule has 17 heavy (non-hydrogen) atoms. The van der Waals surface area contributed by atoms with E-state index in [2.05, 4.69) is 71.4 Å². The minimum Gasteiger partial charge on any atom is -0.152 e. The van der Waals surface area contributed by atoms with Gasteiger partial charge in [-0.05, 0) is 35.7 Å². The van der Waals surface area contributed by atoms with E-state index in [1.54, 1.807) is 0 Å². The van der Waals surface area contributed by atoms with Gasteiger partial charge in [0, 0.05) is 16.0 Å². The van der Waals surface area contributed by atoms with Gasteiger partial charge in [0.15, 0.2) is 0 Å². The molecule has 0 unspecified atom stereocenters. The molecule has 2 heteroatoms. The average molecular weight is 307 g/mol. The van der Waals surface area contributed by atoms with Crippen molar-refractivity contribution >= 4 is 27.7 Å². The number of thioether (sulfide) groups is 1. The van der Waals surface area contributed by atoms with E-state index in [0.717, 1.165) is 16.0 Å². The Bertz CT molecular complexity index is 494. The smallest absolute Gasteiger partial charge is 0.0190 e. The highest BCUT2D eigenvalue weighted by molar-refractivity contribution is 9.10. The van der Waals surface area contributed by atoms with Crippen LogP contribution in [0, 0.1) is 6.92 Å². The predicted octanol–water partition coefficient (Wildman–Crippen LogP) is 5.19. The third-order valence-electron chi connectivity index (χ3n) is 2.68. The van der Waals surface area contributed by atoms with Gasteiger partial charge in [-0.2, -0.15) is 11.8 Å². The highest BCUT2D eigenvalue weighted by Crippen LogP contribution is 2.21. The molecule has 0 spiro atoms. The lowest BCUT2D eigenvalue weighted by molar-refractivity contribution is 1.29. The van der Waals surface area contributed by atoms with Crippen molar-refractivity contribution in [1.29, 1.82) is 0 Å². The van der Waals surface area contributed by atoms with Crippen molar-refractivity contribution in [1.82, 2.24) is 0 Å². The topological polar surface area (TPSA) is 0 Å². The molecule has 0 aliphatic rings. The Morgan fingerprint density at radius 3 is 2.59 bits per heavy atom. The molecule has 0 saturated carbocycles. The van der Waals surface area contributed by atoms with E-state index in [-0.39, 0.29) is 0 Å². The zero-order valence-corrected chi connectivity index (χ0v) is 12.2. The summed E-state index contributed by atoms with van der Waals surface area (Å²) < 4.78 is 1.16. The molecule has 0 aromatic heterocycles. The molecule has 0 saturated heterocycles. The second-order valence-corrected chi connectivity index (χ2v) is 5.95. The van der Waals surface area contributed by atoms with Gasteiger partial charge in [-0.1, -0.05) is 52.3 Å². The number of rotatable bonds is 4. The Morgan fingerprint density at radius 1 is 1.00 bits per heavy atom. The second kappa shape index (κ2) is 6.27. The molecule has 2 rings (SSSR count). The lowest BCUT2D eigenvalue weighted by Crippen LogP contribution is -1.87. The Hall–Kier alpha value is -0.730. The summed E-state index contributed by atoms with van der Waals surface area (Å²) in [4.78, 5) is 0. The van der Waals surface area contributed by atoms with Crippen molar-refractivity contribution in [2.45, 2.75) is 18.4 Å². The molecule has 0 N–H and O–H groups in total. The Labute approximate surface area is 116 Å². The van der Waals surface area contributed by atoms with Crippen LogP contribution in [0.4, 0.5) is 0 Å². The van der Waals surface area contributed by atoms with Crippen molar-refractivity contribution in [2.75, 3.05) is 0 Å². The van der Waals surface area contributed by atoms with Crippen molar-refractivity contribution < 1.29 is 0 Å². The lowest BCUT2D eigenvalue weighted by Gasteiger charge is -2.05. The van der Waals surface area contributed by atoms with Crippen LogP contribution in [0.3, 0.4) is 0 Å². The summed E-state index contributed by atoms with van der Waals surface area (Å²) in [6.45, 7) is 2.18. The van der Waals surface area contributed by atoms with E-state index in [4.69, 9.17) is 0 Å². The van der Waals surface area contributed by atoms with E-state index >= 15 is 0 Å². The number of halogens is 1. The molecule has 0 radical (unpaired) electrons. The summed E-state index contributed by atoms with van der Waals surface area (Å²) in [5, 5.41) is 0. The fraction of sp³-hybridized carbons (Fsp3) is 0.200. The minimum absolute atomic E-state index is 1.06. The van der Waals surface area contributed by atoms with Gasteiger partial charge in [0.1, 0.15) is 0 Å². The summed E-state index contributed by atoms with van der Waals surface area (Å²) in [5.74, 6) is 2.15. The Balaban J connectivity index is 1.90. The molecule has 0 atom stereocenters. The molecule has 0 heterocycles. The minimum atomic E-state index is 1.06. The number of benzene rings is 2. The standard InChI is InChI=1S/C15H15BrS/c1-12-5-2-3-7-14(12)11-17-10-13-6-4-8-15(16)9-13/h2-9H,10-11H2,1H3. The van der Waals surface area contributed by atoms with Crippen LogP contribution in [-0.4, -0.2) is 0 Å². The summed E-state index contributed by atoms with van der Waals surface area (Å²) >= 11 is 5.46. The van der Waals surface area contributed by atoms with E-state index in [1.165, 1.54) is 16.7 Å². The monoisotopic (exact) mass is 306 g/mol. The molecular weight excluding hydrogens is 292 g/mol. The molecule has 0 bridgehead atoms. The highest BCUT2D eigenvalue weighted by Gasteiger charge is 1.98. The van der Waals surface area contributed by atoms with Gasteiger partial charge in [0.05, 0.1) is 0 Å². The summed E-state index contributed by atoms with van der Waals surface area (Å²) in [5.41, 5.74) is 4.19. The predicted molar refractivity (Wildman–Crippen MR) is 80.3 cm³/mol. The first-order valence-corrected chi connectivity index (χ1v) is 7.57. The van der Waals surface area contributed by atoms with Crippen LogP contribution in [0.5, 0.6) is 0 Å². The van der Waals surface area contributed by atoms with Crippen LogP contribution in [0.15, 0.2) is 53.0 Å². The fourth-order valence-corrected chi connectivity index (χ4v) is 3.19. The number of hydrogen-bond acceptors (Lipinski definition) is 1. The zero-order valence-electron chi connectivity index (χ0n) is 9.82. The van der Waals surface area contributed by atoms with Crippen LogP contribution in [0.1, 0.15) is 16.7 Å². The van der Waals surface area contributed by atoms with E-state index in [0.29, 0.717) is 0 Å². The van der Waals surface area contributed by atoms with Crippen LogP contribution < -0.4 is 0 Å². The van der Waals surface area contributed by atoms with E-state index in [1.807, 2.05) is 11.8 Å². The third kappa shape index (κ3) is 3.90. The molecule has 0 aliphatic carbocycles. The normalized spacial score (nSPS) is 10.5. The van der Waals surface area contributed by atoms with E-state index in [9.17, 15) is 0 Å². The van der Waals surface area contributed by atoms with Gasteiger partial charge in [0.2, 0.25) is 0 Å². The maximum absolute atomic E-state index is 3.50. The maximum atomic E-state index is 3.50. The van der Waals surface area contributed by atoms with Crippen LogP contribution in [-0.2, 0) is 11.5 Å². The SMILES string of the molecule is Cc1ccccc1CSCc1cccc(Br)c1. The molecule has 2 aromatic rings. The molecule has 0 amide bonds. The molecule has 2 aromatic carbocycles. The molecule has 0 aliphatic heterocycles. The van der Waals surface area contributed by atoms with Crippen LogP contribution in [0.2, 0.25) is 0 Å². The highest BCUT2D eigenvalue weighted by atomic mass is 79.9. The van der Waals surface area contributed by atoms with Crippen molar-refractivity contribution in [3.8, 4) is 0 Å². The first-order chi connectivity index (χ1) is 8.25. The van der Waals surface area contributed by atoms with Gasteiger partial charge < -0.3 is 0 Å². The zero-order chi connectivity index (χ0) is 12.1. The quantitative estimate of drug-likeness (QED) is 0.749. The van der Waals surface area contributed by atoms with Gasteiger partial charge >= 0.3 is 0 Å². The first-order valence-electron chi connectivity index (χ1n) is 5.62. The molecule has 0 fully saturated rings. The van der Waals surface area contributed by atoms with Crippen LogP contribution >= 0.6 is 27.7 Å². The molecule has 88 valence electrons.